The van der Waals surface area contributed by atoms with E-state index in [1.165, 1.54) is 18.9 Å². The van der Waals surface area contributed by atoms with Crippen molar-refractivity contribution in [3.63, 3.8) is 0 Å². The van der Waals surface area contributed by atoms with E-state index in [2.05, 4.69) is 0 Å². The number of nitrogens with zero attached hydrogens (tertiary/aromatic N) is 2. The Bertz CT molecular complexity index is 1090. The quantitative estimate of drug-likeness (QED) is 0.284. The fourth-order valence-electron chi connectivity index (χ4n) is 2.94. The molecule has 0 saturated carbocycles. The molecule has 12 heteroatoms. The van der Waals surface area contributed by atoms with E-state index in [1.807, 2.05) is 0 Å². The highest BCUT2D eigenvalue weighted by Gasteiger charge is 2.35. The van der Waals surface area contributed by atoms with Gasteiger partial charge in [0.15, 0.2) is 0 Å². The summed E-state index contributed by atoms with van der Waals surface area (Å²) in [5.74, 6) is -1.49. The Morgan fingerprint density at radius 1 is 1.18 bits per heavy atom. The molecule has 0 radical (unpaired) electrons. The molecular weight excluding hydrogens is 465 g/mol. The smallest absolute Gasteiger partial charge is 0.416 e. The third-order valence-electron chi connectivity index (χ3n) is 4.36. The number of rotatable bonds is 6. The molecule has 0 N–H and O–H groups in total. The van der Waals surface area contributed by atoms with Gasteiger partial charge in [0.1, 0.15) is 21.2 Å². The van der Waals surface area contributed by atoms with Crippen LogP contribution in [0.1, 0.15) is 58.9 Å². The van der Waals surface area contributed by atoms with Crippen molar-refractivity contribution >= 4 is 39.7 Å². The topological polar surface area (TPSA) is 99.0 Å². The van der Waals surface area contributed by atoms with E-state index in [-0.39, 0.29) is 33.3 Å². The standard InChI is InChI=1S/C21H23F3N2O6S/c1-7-31-18(27)15-11(2)16(19(28)32-20(3,4)5)33-17(15)25(6)13-9-8-12(21(22,23)24)10-14(13)26(29)30/h8-10H,7H2,1-6H3. The second-order valence-electron chi connectivity index (χ2n) is 7.98. The number of nitro groups is 1. The third kappa shape index (κ3) is 5.81. The van der Waals surface area contributed by atoms with E-state index in [9.17, 15) is 32.9 Å². The number of esters is 2. The molecule has 0 fully saturated rings. The Labute approximate surface area is 192 Å². The van der Waals surface area contributed by atoms with Crippen LogP contribution in [0.25, 0.3) is 0 Å². The van der Waals surface area contributed by atoms with Gasteiger partial charge in [-0.15, -0.1) is 11.3 Å². The third-order valence-corrected chi connectivity index (χ3v) is 5.71. The lowest BCUT2D eigenvalue weighted by Crippen LogP contribution is -2.23. The van der Waals surface area contributed by atoms with Crippen LogP contribution in [0.15, 0.2) is 18.2 Å². The zero-order valence-corrected chi connectivity index (χ0v) is 19.6. The van der Waals surface area contributed by atoms with E-state index in [0.29, 0.717) is 12.1 Å². The SMILES string of the molecule is CCOC(=O)c1c(N(C)c2ccc(C(F)(F)F)cc2[N+](=O)[O-])sc(C(=O)OC(C)(C)C)c1C. The minimum Gasteiger partial charge on any atom is -0.462 e. The first-order chi connectivity index (χ1) is 15.1. The van der Waals surface area contributed by atoms with Gasteiger partial charge in [0.05, 0.1) is 22.7 Å². The highest BCUT2D eigenvalue weighted by molar-refractivity contribution is 7.18. The summed E-state index contributed by atoms with van der Waals surface area (Å²) in [4.78, 5) is 37.2. The maximum absolute atomic E-state index is 13.1. The molecule has 1 aromatic carbocycles. The summed E-state index contributed by atoms with van der Waals surface area (Å²) < 4.78 is 49.7. The van der Waals surface area contributed by atoms with Gasteiger partial charge in [0.25, 0.3) is 5.69 Å². The summed E-state index contributed by atoms with van der Waals surface area (Å²) in [6.45, 7) is 8.11. The monoisotopic (exact) mass is 488 g/mol. The van der Waals surface area contributed by atoms with Gasteiger partial charge in [0, 0.05) is 13.1 Å². The molecule has 0 bridgehead atoms. The summed E-state index contributed by atoms with van der Waals surface area (Å²) >= 11 is 0.828. The van der Waals surface area contributed by atoms with Crippen molar-refractivity contribution in [1.82, 2.24) is 0 Å². The van der Waals surface area contributed by atoms with Gasteiger partial charge in [-0.25, -0.2) is 9.59 Å². The lowest BCUT2D eigenvalue weighted by molar-refractivity contribution is -0.384. The number of benzene rings is 1. The van der Waals surface area contributed by atoms with Gasteiger partial charge in [-0.1, -0.05) is 0 Å². The van der Waals surface area contributed by atoms with Crippen LogP contribution < -0.4 is 4.90 Å². The van der Waals surface area contributed by atoms with Crippen molar-refractivity contribution in [3.8, 4) is 0 Å². The van der Waals surface area contributed by atoms with Crippen LogP contribution in [0.4, 0.5) is 29.5 Å². The average molecular weight is 488 g/mol. The zero-order valence-electron chi connectivity index (χ0n) is 18.8. The van der Waals surface area contributed by atoms with Crippen molar-refractivity contribution < 1.29 is 37.2 Å². The molecule has 33 heavy (non-hydrogen) atoms. The molecule has 0 spiro atoms. The number of thiophene rings is 1. The van der Waals surface area contributed by atoms with E-state index < -0.39 is 39.9 Å². The summed E-state index contributed by atoms with van der Waals surface area (Å²) in [6, 6.07) is 2.07. The number of hydrogen-bond donors (Lipinski definition) is 0. The molecule has 1 heterocycles. The normalized spacial score (nSPS) is 11.8. The highest BCUT2D eigenvalue weighted by Crippen LogP contribution is 2.43. The number of alkyl halides is 3. The molecule has 0 aliphatic carbocycles. The number of halogens is 3. The van der Waals surface area contributed by atoms with E-state index >= 15 is 0 Å². The summed E-state index contributed by atoms with van der Waals surface area (Å²) in [5, 5.41) is 11.6. The number of carbonyl (C=O) groups is 2. The average Bonchev–Trinajstić information content (AvgIpc) is 3.02. The molecule has 8 nitrogen and oxygen atoms in total. The first kappa shape index (κ1) is 26.1. The number of anilines is 2. The van der Waals surface area contributed by atoms with Gasteiger partial charge in [-0.2, -0.15) is 13.2 Å². The van der Waals surface area contributed by atoms with Crippen molar-refractivity contribution in [1.29, 1.82) is 0 Å². The minimum atomic E-state index is -4.78. The fraction of sp³-hybridized carbons (Fsp3) is 0.429. The Morgan fingerprint density at radius 3 is 2.27 bits per heavy atom. The first-order valence-corrected chi connectivity index (χ1v) is 10.5. The number of nitro benzene ring substituents is 1. The van der Waals surface area contributed by atoms with Crippen LogP contribution in [-0.2, 0) is 15.7 Å². The molecule has 0 unspecified atom stereocenters. The summed E-state index contributed by atoms with van der Waals surface area (Å²) in [5.41, 5.74) is -2.81. The Kier molecular flexibility index (Phi) is 7.42. The molecule has 2 aromatic rings. The molecule has 0 saturated heterocycles. The largest absolute Gasteiger partial charge is 0.462 e. The van der Waals surface area contributed by atoms with Crippen LogP contribution in [0.2, 0.25) is 0 Å². The Morgan fingerprint density at radius 2 is 1.79 bits per heavy atom. The lowest BCUT2D eigenvalue weighted by Gasteiger charge is -2.20. The molecule has 0 aliphatic heterocycles. The molecule has 180 valence electrons. The predicted molar refractivity (Wildman–Crippen MR) is 116 cm³/mol. The van der Waals surface area contributed by atoms with Gasteiger partial charge >= 0.3 is 18.1 Å². The molecular formula is C21H23F3N2O6S. The number of ether oxygens (including phenoxy) is 2. The fourth-order valence-corrected chi connectivity index (χ4v) is 4.08. The minimum absolute atomic E-state index is 0.0273. The van der Waals surface area contributed by atoms with Crippen LogP contribution in [0.5, 0.6) is 0 Å². The van der Waals surface area contributed by atoms with Crippen LogP contribution >= 0.6 is 11.3 Å². The molecule has 0 aliphatic rings. The number of hydrogen-bond acceptors (Lipinski definition) is 8. The first-order valence-electron chi connectivity index (χ1n) is 9.71. The predicted octanol–water partition coefficient (Wildman–Crippen LogP) is 5.88. The van der Waals surface area contributed by atoms with Crippen LogP contribution in [0.3, 0.4) is 0 Å². The van der Waals surface area contributed by atoms with E-state index in [0.717, 1.165) is 17.4 Å². The van der Waals surface area contributed by atoms with Crippen molar-refractivity contribution in [2.24, 2.45) is 0 Å². The molecule has 1 aromatic heterocycles. The molecule has 0 atom stereocenters. The maximum Gasteiger partial charge on any atom is 0.416 e. The van der Waals surface area contributed by atoms with Gasteiger partial charge in [0.2, 0.25) is 0 Å². The zero-order chi connectivity index (χ0) is 25.3. The molecule has 2 rings (SSSR count). The highest BCUT2D eigenvalue weighted by atomic mass is 32.1. The maximum atomic E-state index is 13.1. The van der Waals surface area contributed by atoms with E-state index in [1.54, 1.807) is 27.7 Å². The van der Waals surface area contributed by atoms with Crippen molar-refractivity contribution in [2.75, 3.05) is 18.6 Å². The molecule has 0 amide bonds. The van der Waals surface area contributed by atoms with Crippen molar-refractivity contribution in [2.45, 2.75) is 46.4 Å². The Hall–Kier alpha value is -3.15. The van der Waals surface area contributed by atoms with Gasteiger partial charge in [-0.3, -0.25) is 10.1 Å². The van der Waals surface area contributed by atoms with Gasteiger partial charge in [-0.05, 0) is 52.3 Å². The van der Waals surface area contributed by atoms with Crippen LogP contribution in [0, 0.1) is 17.0 Å². The summed E-state index contributed by atoms with van der Waals surface area (Å²) in [6.07, 6.45) is -4.78. The van der Waals surface area contributed by atoms with Crippen LogP contribution in [-0.4, -0.2) is 36.1 Å². The second-order valence-corrected chi connectivity index (χ2v) is 8.98. The second kappa shape index (κ2) is 9.38. The lowest BCUT2D eigenvalue weighted by atomic mass is 10.1. The van der Waals surface area contributed by atoms with E-state index in [4.69, 9.17) is 9.47 Å². The van der Waals surface area contributed by atoms with Crippen molar-refractivity contribution in [3.05, 3.63) is 49.9 Å². The number of carbonyl (C=O) groups excluding carboxylic acids is 2. The summed E-state index contributed by atoms with van der Waals surface area (Å²) in [7, 11) is 1.35. The Balaban J connectivity index is 2.70. The van der Waals surface area contributed by atoms with Gasteiger partial charge < -0.3 is 14.4 Å².